The van der Waals surface area contributed by atoms with E-state index in [2.05, 4.69) is 5.32 Å². The molecule has 7 nitrogen and oxygen atoms in total. The summed E-state index contributed by atoms with van der Waals surface area (Å²) in [7, 11) is 0.423. The number of carbonyl (C=O) groups is 1. The van der Waals surface area contributed by atoms with E-state index in [0.717, 1.165) is 10.6 Å². The van der Waals surface area contributed by atoms with Crippen LogP contribution in [-0.4, -0.2) is 41.8 Å². The number of nitrogens with one attached hydrogen (secondary N) is 1. The van der Waals surface area contributed by atoms with Crippen LogP contribution in [-0.2, 0) is 10.0 Å². The molecule has 0 bridgehead atoms. The van der Waals surface area contributed by atoms with Crippen LogP contribution in [0.3, 0.4) is 0 Å². The van der Waals surface area contributed by atoms with Crippen LogP contribution in [0.25, 0.3) is 0 Å². The molecule has 0 saturated heterocycles. The summed E-state index contributed by atoms with van der Waals surface area (Å²) in [6.45, 7) is 0. The molecule has 0 fully saturated rings. The standard InChI is InChI=1S/C17H19FN2O5S/c1-20(26(4,22)23)14-10-16(25-3)15(24-2)9-11(14)17(21)19-13-8-6-5-7-12(13)18/h5-10H,1-4H3,(H,19,21). The highest BCUT2D eigenvalue weighted by Crippen LogP contribution is 2.36. The summed E-state index contributed by atoms with van der Waals surface area (Å²) in [4.78, 5) is 12.7. The normalized spacial score (nSPS) is 11.0. The van der Waals surface area contributed by atoms with E-state index in [-0.39, 0.29) is 28.4 Å². The Morgan fingerprint density at radius 3 is 2.23 bits per heavy atom. The lowest BCUT2D eigenvalue weighted by Crippen LogP contribution is -2.28. The first kappa shape index (κ1) is 19.5. The van der Waals surface area contributed by atoms with E-state index >= 15 is 0 Å². The third kappa shape index (κ3) is 4.05. The van der Waals surface area contributed by atoms with E-state index in [1.807, 2.05) is 0 Å². The Kier molecular flexibility index (Phi) is 5.71. The van der Waals surface area contributed by atoms with Crippen molar-refractivity contribution in [3.8, 4) is 11.5 Å². The van der Waals surface area contributed by atoms with Crippen molar-refractivity contribution in [2.75, 3.05) is 37.1 Å². The summed E-state index contributed by atoms with van der Waals surface area (Å²) >= 11 is 0. The number of benzene rings is 2. The maximum atomic E-state index is 13.8. The van der Waals surface area contributed by atoms with Crippen molar-refractivity contribution in [3.63, 3.8) is 0 Å². The molecule has 0 radical (unpaired) electrons. The number of carbonyl (C=O) groups excluding carboxylic acids is 1. The molecule has 0 spiro atoms. The van der Waals surface area contributed by atoms with Crippen LogP contribution < -0.4 is 19.1 Å². The predicted molar refractivity (Wildman–Crippen MR) is 97.1 cm³/mol. The van der Waals surface area contributed by atoms with Crippen LogP contribution in [0.1, 0.15) is 10.4 Å². The van der Waals surface area contributed by atoms with Crippen molar-refractivity contribution in [1.29, 1.82) is 0 Å². The number of amides is 1. The minimum atomic E-state index is -3.65. The van der Waals surface area contributed by atoms with Crippen molar-refractivity contribution >= 4 is 27.3 Å². The number of nitrogens with zero attached hydrogens (tertiary/aromatic N) is 1. The molecule has 0 saturated carbocycles. The van der Waals surface area contributed by atoms with E-state index in [9.17, 15) is 17.6 Å². The zero-order chi connectivity index (χ0) is 19.5. The van der Waals surface area contributed by atoms with Gasteiger partial charge in [0.15, 0.2) is 11.5 Å². The van der Waals surface area contributed by atoms with E-state index in [1.165, 1.54) is 51.6 Å². The van der Waals surface area contributed by atoms with Gasteiger partial charge in [-0.1, -0.05) is 12.1 Å². The zero-order valence-electron chi connectivity index (χ0n) is 14.7. The van der Waals surface area contributed by atoms with Crippen LogP contribution in [0.4, 0.5) is 15.8 Å². The molecule has 0 aromatic heterocycles. The zero-order valence-corrected chi connectivity index (χ0v) is 15.6. The number of halogens is 1. The number of hydrogen-bond acceptors (Lipinski definition) is 5. The lowest BCUT2D eigenvalue weighted by atomic mass is 10.1. The Hall–Kier alpha value is -2.81. The fourth-order valence-electron chi connectivity index (χ4n) is 2.24. The number of methoxy groups -OCH3 is 2. The molecule has 1 N–H and O–H groups in total. The molecular weight excluding hydrogens is 363 g/mol. The molecule has 0 unspecified atom stereocenters. The van der Waals surface area contributed by atoms with Crippen LogP contribution in [0.15, 0.2) is 36.4 Å². The van der Waals surface area contributed by atoms with Crippen LogP contribution in [0.5, 0.6) is 11.5 Å². The first-order valence-corrected chi connectivity index (χ1v) is 9.29. The van der Waals surface area contributed by atoms with Gasteiger partial charge >= 0.3 is 0 Å². The molecule has 2 rings (SSSR count). The van der Waals surface area contributed by atoms with E-state index in [0.29, 0.717) is 0 Å². The summed E-state index contributed by atoms with van der Waals surface area (Å²) in [5.41, 5.74) is 0.0260. The van der Waals surface area contributed by atoms with E-state index in [4.69, 9.17) is 9.47 Å². The minimum absolute atomic E-state index is 0.0150. The number of hydrogen-bond donors (Lipinski definition) is 1. The van der Waals surface area contributed by atoms with Crippen molar-refractivity contribution in [2.24, 2.45) is 0 Å². The molecule has 26 heavy (non-hydrogen) atoms. The SMILES string of the molecule is COc1cc(C(=O)Nc2ccccc2F)c(N(C)S(C)(=O)=O)cc1OC. The largest absolute Gasteiger partial charge is 0.493 e. The molecule has 1 amide bonds. The van der Waals surface area contributed by atoms with E-state index < -0.39 is 21.7 Å². The van der Waals surface area contributed by atoms with Crippen LogP contribution in [0.2, 0.25) is 0 Å². The summed E-state index contributed by atoms with van der Waals surface area (Å²) in [6.07, 6.45) is 1.00. The number of anilines is 2. The van der Waals surface area contributed by atoms with Gasteiger partial charge in [0.1, 0.15) is 5.82 Å². The molecular formula is C17H19FN2O5S. The average molecular weight is 382 g/mol. The van der Waals surface area contributed by atoms with Gasteiger partial charge in [-0.15, -0.1) is 0 Å². The van der Waals surface area contributed by atoms with Crippen molar-refractivity contribution in [2.45, 2.75) is 0 Å². The van der Waals surface area contributed by atoms with Gasteiger partial charge < -0.3 is 14.8 Å². The first-order chi connectivity index (χ1) is 12.2. The van der Waals surface area contributed by atoms with E-state index in [1.54, 1.807) is 6.07 Å². The van der Waals surface area contributed by atoms with Gasteiger partial charge in [0.25, 0.3) is 5.91 Å². The van der Waals surface area contributed by atoms with Gasteiger partial charge in [0.2, 0.25) is 10.0 Å². The monoisotopic (exact) mass is 382 g/mol. The first-order valence-electron chi connectivity index (χ1n) is 7.44. The van der Waals surface area contributed by atoms with Gasteiger partial charge in [-0.25, -0.2) is 12.8 Å². The predicted octanol–water partition coefficient (Wildman–Crippen LogP) is 2.49. The van der Waals surface area contributed by atoms with Crippen LogP contribution in [0, 0.1) is 5.82 Å². The molecule has 0 heterocycles. The Labute approximate surface area is 151 Å². The fraction of sp³-hybridized carbons (Fsp3) is 0.235. The molecule has 140 valence electrons. The third-order valence-corrected chi connectivity index (χ3v) is 4.90. The second kappa shape index (κ2) is 7.61. The Morgan fingerprint density at radius 1 is 1.12 bits per heavy atom. The third-order valence-electron chi connectivity index (χ3n) is 3.71. The Balaban J connectivity index is 2.57. The number of ether oxygens (including phenoxy) is 2. The van der Waals surface area contributed by atoms with Gasteiger partial charge in [-0.2, -0.15) is 0 Å². The average Bonchev–Trinajstić information content (AvgIpc) is 2.60. The van der Waals surface area contributed by atoms with Crippen molar-refractivity contribution in [1.82, 2.24) is 0 Å². The molecule has 2 aromatic carbocycles. The molecule has 9 heteroatoms. The second-order valence-corrected chi connectivity index (χ2v) is 7.40. The van der Waals surface area contributed by atoms with Gasteiger partial charge in [0.05, 0.1) is 37.4 Å². The Morgan fingerprint density at radius 2 is 1.69 bits per heavy atom. The smallest absolute Gasteiger partial charge is 0.258 e. The quantitative estimate of drug-likeness (QED) is 0.830. The summed E-state index contributed by atoms with van der Waals surface area (Å²) in [6, 6.07) is 8.37. The lowest BCUT2D eigenvalue weighted by Gasteiger charge is -2.22. The van der Waals surface area contributed by atoms with Gasteiger partial charge in [0, 0.05) is 13.1 Å². The molecule has 2 aromatic rings. The van der Waals surface area contributed by atoms with Gasteiger partial charge in [-0.3, -0.25) is 9.10 Å². The number of sulfonamides is 1. The second-order valence-electron chi connectivity index (χ2n) is 5.39. The summed E-state index contributed by atoms with van der Waals surface area (Å²) in [5.74, 6) is -0.821. The van der Waals surface area contributed by atoms with Crippen LogP contribution >= 0.6 is 0 Å². The molecule has 0 aliphatic carbocycles. The highest BCUT2D eigenvalue weighted by Gasteiger charge is 2.24. The fourth-order valence-corrected chi connectivity index (χ4v) is 2.75. The maximum Gasteiger partial charge on any atom is 0.258 e. The molecule has 0 aliphatic heterocycles. The Bertz CT molecular complexity index is 931. The van der Waals surface area contributed by atoms with Crippen molar-refractivity contribution < 1.29 is 27.1 Å². The molecule has 0 aliphatic rings. The minimum Gasteiger partial charge on any atom is -0.493 e. The summed E-state index contributed by atoms with van der Waals surface area (Å²) < 4.78 is 49.0. The lowest BCUT2D eigenvalue weighted by molar-refractivity contribution is 0.102. The number of para-hydroxylation sites is 1. The maximum absolute atomic E-state index is 13.8. The highest BCUT2D eigenvalue weighted by atomic mass is 32.2. The molecule has 0 atom stereocenters. The number of rotatable bonds is 6. The topological polar surface area (TPSA) is 84.9 Å². The summed E-state index contributed by atoms with van der Waals surface area (Å²) in [5, 5.41) is 2.43. The van der Waals surface area contributed by atoms with Gasteiger partial charge in [-0.05, 0) is 18.2 Å². The van der Waals surface area contributed by atoms with Crippen molar-refractivity contribution in [3.05, 3.63) is 47.8 Å². The highest BCUT2D eigenvalue weighted by molar-refractivity contribution is 7.92.